The highest BCUT2D eigenvalue weighted by Gasteiger charge is 2.05. The molecule has 0 aromatic carbocycles. The van der Waals surface area contributed by atoms with E-state index in [0.29, 0.717) is 5.92 Å². The van der Waals surface area contributed by atoms with E-state index in [4.69, 9.17) is 5.26 Å². The van der Waals surface area contributed by atoms with E-state index in [-0.39, 0.29) is 0 Å². The molecule has 0 aromatic heterocycles. The minimum atomic E-state index is 0.686. The summed E-state index contributed by atoms with van der Waals surface area (Å²) < 4.78 is 0. The number of hydrogen-bond acceptors (Lipinski definition) is 1. The molecule has 0 spiro atoms. The summed E-state index contributed by atoms with van der Waals surface area (Å²) in [4.78, 5) is 0. The topological polar surface area (TPSA) is 23.8 Å². The Bertz CT molecular complexity index is 251. The van der Waals surface area contributed by atoms with Gasteiger partial charge in [0.05, 0.1) is 6.07 Å². The second kappa shape index (κ2) is 4.11. The van der Waals surface area contributed by atoms with Gasteiger partial charge in [0.25, 0.3) is 0 Å². The Balaban J connectivity index is 2.62. The van der Waals surface area contributed by atoms with Gasteiger partial charge < -0.3 is 0 Å². The maximum Gasteiger partial charge on any atom is 0.0947 e. The summed E-state index contributed by atoms with van der Waals surface area (Å²) >= 11 is 0. The highest BCUT2D eigenvalue weighted by molar-refractivity contribution is 5.35. The number of hydrogen-bond donors (Lipinski definition) is 0. The normalized spacial score (nSPS) is 16.8. The second-order valence-electron chi connectivity index (χ2n) is 3.70. The molecule has 0 unspecified atom stereocenters. The fraction of sp³-hybridized carbons (Fsp3) is 0.545. The predicted molar refractivity (Wildman–Crippen MR) is 50.5 cm³/mol. The van der Waals surface area contributed by atoms with Crippen LogP contribution in [0.25, 0.3) is 0 Å². The maximum absolute atomic E-state index is 8.70. The number of allylic oxidation sites excluding steroid dienone is 4. The summed E-state index contributed by atoms with van der Waals surface area (Å²) in [5.74, 6) is 0.686. The van der Waals surface area contributed by atoms with Crippen LogP contribution >= 0.6 is 0 Å². The van der Waals surface area contributed by atoms with Crippen LogP contribution in [-0.2, 0) is 0 Å². The molecular weight excluding hydrogens is 146 g/mol. The lowest BCUT2D eigenvalue weighted by atomic mass is 9.94. The van der Waals surface area contributed by atoms with Gasteiger partial charge in [0.15, 0.2) is 0 Å². The van der Waals surface area contributed by atoms with Gasteiger partial charge in [-0.2, -0.15) is 5.26 Å². The molecule has 0 saturated carbocycles. The van der Waals surface area contributed by atoms with Crippen molar-refractivity contribution in [2.45, 2.75) is 33.1 Å². The van der Waals surface area contributed by atoms with Crippen LogP contribution in [0.2, 0.25) is 0 Å². The van der Waals surface area contributed by atoms with E-state index in [9.17, 15) is 0 Å². The largest absolute Gasteiger partial charge is 0.193 e. The Labute approximate surface area is 74.4 Å². The van der Waals surface area contributed by atoms with Crippen molar-refractivity contribution in [1.29, 1.82) is 5.26 Å². The lowest BCUT2D eigenvalue weighted by Crippen LogP contribution is -1.95. The highest BCUT2D eigenvalue weighted by atomic mass is 14.2. The molecule has 12 heavy (non-hydrogen) atoms. The average Bonchev–Trinajstić information content (AvgIpc) is 2.03. The molecular formula is C11H15N. The van der Waals surface area contributed by atoms with Crippen molar-refractivity contribution in [2.24, 2.45) is 5.92 Å². The van der Waals surface area contributed by atoms with Crippen molar-refractivity contribution < 1.29 is 0 Å². The Morgan fingerprint density at radius 1 is 1.58 bits per heavy atom. The zero-order valence-electron chi connectivity index (χ0n) is 7.80. The molecule has 1 aliphatic carbocycles. The molecule has 1 rings (SSSR count). The molecule has 1 aliphatic rings. The molecule has 0 N–H and O–H groups in total. The molecule has 0 atom stereocenters. The van der Waals surface area contributed by atoms with E-state index < -0.39 is 0 Å². The van der Waals surface area contributed by atoms with Crippen molar-refractivity contribution in [3.05, 3.63) is 23.3 Å². The first-order valence-electron chi connectivity index (χ1n) is 4.52. The van der Waals surface area contributed by atoms with E-state index in [2.05, 4.69) is 26.0 Å². The number of nitriles is 1. The SMILES string of the molecule is CC(C)CC1=CCCC(C#N)=C1. The lowest BCUT2D eigenvalue weighted by Gasteiger charge is -2.10. The van der Waals surface area contributed by atoms with Gasteiger partial charge in [-0.1, -0.05) is 25.5 Å². The summed E-state index contributed by atoms with van der Waals surface area (Å²) in [6.45, 7) is 4.41. The lowest BCUT2D eigenvalue weighted by molar-refractivity contribution is 0.645. The third kappa shape index (κ3) is 2.54. The summed E-state index contributed by atoms with van der Waals surface area (Å²) in [7, 11) is 0. The van der Waals surface area contributed by atoms with Gasteiger partial charge >= 0.3 is 0 Å². The van der Waals surface area contributed by atoms with E-state index in [1.807, 2.05) is 6.08 Å². The standard InChI is InChI=1S/C11H15N/c1-9(2)6-10-4-3-5-11(7-10)8-12/h4,7,9H,3,5-6H2,1-2H3. The minimum absolute atomic E-state index is 0.686. The van der Waals surface area contributed by atoms with Crippen LogP contribution in [0.15, 0.2) is 23.3 Å². The zero-order valence-corrected chi connectivity index (χ0v) is 7.80. The molecule has 0 aromatic rings. The van der Waals surface area contributed by atoms with Gasteiger partial charge in [-0.15, -0.1) is 0 Å². The zero-order chi connectivity index (χ0) is 8.97. The fourth-order valence-corrected chi connectivity index (χ4v) is 1.47. The number of nitrogens with zero attached hydrogens (tertiary/aromatic N) is 1. The predicted octanol–water partition coefficient (Wildman–Crippen LogP) is 3.20. The number of rotatable bonds is 2. The minimum Gasteiger partial charge on any atom is -0.193 e. The van der Waals surface area contributed by atoms with Crippen LogP contribution in [0.4, 0.5) is 0 Å². The third-order valence-electron chi connectivity index (χ3n) is 1.97. The molecule has 0 radical (unpaired) electrons. The van der Waals surface area contributed by atoms with Gasteiger partial charge in [0.1, 0.15) is 0 Å². The van der Waals surface area contributed by atoms with E-state index in [1.54, 1.807) is 0 Å². The van der Waals surface area contributed by atoms with Crippen LogP contribution < -0.4 is 0 Å². The van der Waals surface area contributed by atoms with Gasteiger partial charge in [0, 0.05) is 5.57 Å². The van der Waals surface area contributed by atoms with Crippen LogP contribution in [0.5, 0.6) is 0 Å². The van der Waals surface area contributed by atoms with Crippen molar-refractivity contribution in [2.75, 3.05) is 0 Å². The van der Waals surface area contributed by atoms with Gasteiger partial charge in [0.2, 0.25) is 0 Å². The van der Waals surface area contributed by atoms with Crippen molar-refractivity contribution in [3.8, 4) is 6.07 Å². The molecule has 0 bridgehead atoms. The highest BCUT2D eigenvalue weighted by Crippen LogP contribution is 2.21. The molecule has 1 nitrogen and oxygen atoms in total. The quantitative estimate of drug-likeness (QED) is 0.610. The first kappa shape index (κ1) is 9.06. The Kier molecular flexibility index (Phi) is 3.10. The smallest absolute Gasteiger partial charge is 0.0947 e. The Morgan fingerprint density at radius 2 is 2.33 bits per heavy atom. The van der Waals surface area contributed by atoms with Gasteiger partial charge in [-0.05, 0) is 31.3 Å². The molecule has 0 saturated heterocycles. The van der Waals surface area contributed by atoms with E-state index in [1.165, 1.54) is 5.57 Å². The molecule has 0 heterocycles. The van der Waals surface area contributed by atoms with Gasteiger partial charge in [-0.3, -0.25) is 0 Å². The van der Waals surface area contributed by atoms with Crippen molar-refractivity contribution in [3.63, 3.8) is 0 Å². The fourth-order valence-electron chi connectivity index (χ4n) is 1.47. The van der Waals surface area contributed by atoms with Gasteiger partial charge in [-0.25, -0.2) is 0 Å². The Morgan fingerprint density at radius 3 is 2.92 bits per heavy atom. The summed E-state index contributed by atoms with van der Waals surface area (Å²) in [5, 5.41) is 8.70. The molecule has 1 heteroatoms. The van der Waals surface area contributed by atoms with E-state index >= 15 is 0 Å². The molecule has 0 aliphatic heterocycles. The van der Waals surface area contributed by atoms with Crippen LogP contribution in [0, 0.1) is 17.2 Å². The molecule has 0 amide bonds. The summed E-state index contributed by atoms with van der Waals surface area (Å²) in [6.07, 6.45) is 7.37. The van der Waals surface area contributed by atoms with E-state index in [0.717, 1.165) is 24.8 Å². The summed E-state index contributed by atoms with van der Waals surface area (Å²) in [6, 6.07) is 2.23. The summed E-state index contributed by atoms with van der Waals surface area (Å²) in [5.41, 5.74) is 2.28. The second-order valence-corrected chi connectivity index (χ2v) is 3.70. The van der Waals surface area contributed by atoms with Crippen molar-refractivity contribution in [1.82, 2.24) is 0 Å². The Hall–Kier alpha value is -1.03. The first-order valence-corrected chi connectivity index (χ1v) is 4.52. The molecule has 64 valence electrons. The van der Waals surface area contributed by atoms with Crippen LogP contribution in [-0.4, -0.2) is 0 Å². The van der Waals surface area contributed by atoms with Crippen LogP contribution in [0.3, 0.4) is 0 Å². The van der Waals surface area contributed by atoms with Crippen molar-refractivity contribution >= 4 is 0 Å². The monoisotopic (exact) mass is 161 g/mol. The molecule has 0 fully saturated rings. The maximum atomic E-state index is 8.70. The van der Waals surface area contributed by atoms with Crippen LogP contribution in [0.1, 0.15) is 33.1 Å². The average molecular weight is 161 g/mol. The first-order chi connectivity index (χ1) is 5.72. The third-order valence-corrected chi connectivity index (χ3v) is 1.97.